The van der Waals surface area contributed by atoms with E-state index in [-0.39, 0.29) is 0 Å². The molecule has 0 aliphatic rings. The van der Waals surface area contributed by atoms with Crippen molar-refractivity contribution in [1.29, 1.82) is 0 Å². The van der Waals surface area contributed by atoms with E-state index in [2.05, 4.69) is 114 Å². The van der Waals surface area contributed by atoms with Crippen LogP contribution in [0, 0.1) is 0 Å². The van der Waals surface area contributed by atoms with Gasteiger partial charge in [0.2, 0.25) is 0 Å². The van der Waals surface area contributed by atoms with Gasteiger partial charge >= 0.3 is 0 Å². The van der Waals surface area contributed by atoms with Crippen LogP contribution in [0.5, 0.6) is 0 Å². The normalized spacial score (nSPS) is 12.1. The molecule has 0 fully saturated rings. The number of fused-ring (bicyclic) bond motifs is 11. The first-order chi connectivity index (χ1) is 16.9. The highest BCUT2D eigenvalue weighted by Crippen LogP contribution is 2.42. The fourth-order valence-electron chi connectivity index (χ4n) is 5.71. The van der Waals surface area contributed by atoms with Gasteiger partial charge in [0.1, 0.15) is 0 Å². The Morgan fingerprint density at radius 3 is 1.94 bits per heavy atom. The van der Waals surface area contributed by atoms with E-state index in [0.29, 0.717) is 0 Å². The van der Waals surface area contributed by atoms with Crippen molar-refractivity contribution in [3.63, 3.8) is 0 Å². The lowest BCUT2D eigenvalue weighted by atomic mass is 9.95. The Hall–Kier alpha value is -4.14. The molecule has 0 aliphatic carbocycles. The van der Waals surface area contributed by atoms with Crippen LogP contribution in [0.15, 0.2) is 109 Å². The molecule has 0 unspecified atom stereocenters. The minimum atomic E-state index is 1.21. The molecule has 0 saturated carbocycles. The topological polar surface area (TPSA) is 15.8 Å². The van der Waals surface area contributed by atoms with Crippen molar-refractivity contribution in [3.05, 3.63) is 109 Å². The van der Waals surface area contributed by atoms with Gasteiger partial charge in [-0.25, -0.2) is 0 Å². The summed E-state index contributed by atoms with van der Waals surface area (Å²) in [5.74, 6) is 0. The molecule has 0 radical (unpaired) electrons. The Bertz CT molecular complexity index is 2070. The van der Waals surface area contributed by atoms with Crippen LogP contribution >= 0.6 is 11.3 Å². The first-order valence-electron chi connectivity index (χ1n) is 11.6. The molecule has 6 aromatic carbocycles. The number of thiophene rings is 1. The van der Waals surface area contributed by atoms with Crippen molar-refractivity contribution in [1.82, 2.24) is 4.98 Å². The minimum Gasteiger partial charge on any atom is -0.353 e. The van der Waals surface area contributed by atoms with Crippen molar-refractivity contribution in [2.45, 2.75) is 0 Å². The third-order valence-corrected chi connectivity index (χ3v) is 8.36. The number of H-pyrrole nitrogens is 1. The molecule has 2 heterocycles. The van der Waals surface area contributed by atoms with Gasteiger partial charge in [0.05, 0.1) is 11.0 Å². The predicted octanol–water partition coefficient (Wildman–Crippen LogP) is 9.66. The zero-order valence-electron chi connectivity index (χ0n) is 18.3. The fraction of sp³-hybridized carbons (Fsp3) is 0. The molecule has 2 aromatic heterocycles. The van der Waals surface area contributed by atoms with E-state index >= 15 is 0 Å². The van der Waals surface area contributed by atoms with E-state index in [9.17, 15) is 0 Å². The molecule has 34 heavy (non-hydrogen) atoms. The summed E-state index contributed by atoms with van der Waals surface area (Å²) in [5.41, 5.74) is 4.93. The Morgan fingerprint density at radius 1 is 0.441 bits per heavy atom. The summed E-state index contributed by atoms with van der Waals surface area (Å²) in [5, 5.41) is 10.5. The van der Waals surface area contributed by atoms with Crippen LogP contribution in [0.1, 0.15) is 0 Å². The summed E-state index contributed by atoms with van der Waals surface area (Å²) in [6.07, 6.45) is 0. The summed E-state index contributed by atoms with van der Waals surface area (Å²) in [4.78, 5) is 3.86. The molecule has 0 amide bonds. The maximum Gasteiger partial charge on any atom is 0.0551 e. The summed E-state index contributed by atoms with van der Waals surface area (Å²) in [6, 6.07) is 39.9. The number of para-hydroxylation sites is 1. The lowest BCUT2D eigenvalue weighted by Gasteiger charge is -2.07. The van der Waals surface area contributed by atoms with Crippen LogP contribution < -0.4 is 0 Å². The van der Waals surface area contributed by atoms with Gasteiger partial charge in [0.15, 0.2) is 0 Å². The molecule has 2 heteroatoms. The van der Waals surface area contributed by atoms with Gasteiger partial charge in [-0.15, -0.1) is 11.3 Å². The standard InChI is InChI=1S/C32H19NS/c1-3-11-24-21(8-1)22-9-2-4-12-25(22)32-30(24)26-14-7-13-20(31(26)33-32)19-16-17-29-27(18-19)23-10-5-6-15-28(23)34-29/h1-18,33H. The zero-order valence-corrected chi connectivity index (χ0v) is 19.1. The molecule has 0 atom stereocenters. The largest absolute Gasteiger partial charge is 0.353 e. The second-order valence-corrected chi connectivity index (χ2v) is 10.1. The second-order valence-electron chi connectivity index (χ2n) is 9.00. The Balaban J connectivity index is 1.51. The number of benzene rings is 6. The highest BCUT2D eigenvalue weighted by molar-refractivity contribution is 7.25. The van der Waals surface area contributed by atoms with Crippen LogP contribution in [-0.2, 0) is 0 Å². The number of aromatic nitrogens is 1. The summed E-state index contributed by atoms with van der Waals surface area (Å²) in [7, 11) is 0. The predicted molar refractivity (Wildman–Crippen MR) is 149 cm³/mol. The van der Waals surface area contributed by atoms with Gasteiger partial charge in [-0.3, -0.25) is 0 Å². The molecule has 0 saturated heterocycles. The van der Waals surface area contributed by atoms with Gasteiger partial charge in [-0.1, -0.05) is 91.0 Å². The third-order valence-electron chi connectivity index (χ3n) is 7.20. The lowest BCUT2D eigenvalue weighted by Crippen LogP contribution is -1.80. The van der Waals surface area contributed by atoms with Crippen LogP contribution in [0.25, 0.3) is 74.6 Å². The monoisotopic (exact) mass is 449 g/mol. The Labute approximate surface area is 199 Å². The number of nitrogens with one attached hydrogen (secondary N) is 1. The van der Waals surface area contributed by atoms with Crippen LogP contribution in [0.2, 0.25) is 0 Å². The van der Waals surface area contributed by atoms with E-state index in [4.69, 9.17) is 0 Å². The quantitative estimate of drug-likeness (QED) is 0.240. The first kappa shape index (κ1) is 18.3. The summed E-state index contributed by atoms with van der Waals surface area (Å²) >= 11 is 1.87. The van der Waals surface area contributed by atoms with E-state index in [0.717, 1.165) is 0 Å². The van der Waals surface area contributed by atoms with E-state index in [1.807, 2.05) is 11.3 Å². The Kier molecular flexibility index (Phi) is 3.60. The second kappa shape index (κ2) is 6.69. The van der Waals surface area contributed by atoms with E-state index in [1.165, 1.54) is 74.6 Å². The highest BCUT2D eigenvalue weighted by Gasteiger charge is 2.16. The maximum atomic E-state index is 3.86. The average Bonchev–Trinajstić information content (AvgIpc) is 3.47. The van der Waals surface area contributed by atoms with Gasteiger partial charge in [-0.05, 0) is 39.9 Å². The van der Waals surface area contributed by atoms with Crippen molar-refractivity contribution in [2.24, 2.45) is 0 Å². The van der Waals surface area contributed by atoms with Gasteiger partial charge in [0, 0.05) is 41.9 Å². The number of hydrogen-bond acceptors (Lipinski definition) is 1. The first-order valence-corrected chi connectivity index (χ1v) is 12.4. The zero-order chi connectivity index (χ0) is 22.2. The van der Waals surface area contributed by atoms with Gasteiger partial charge in [0.25, 0.3) is 0 Å². The van der Waals surface area contributed by atoms with Crippen LogP contribution in [-0.4, -0.2) is 4.98 Å². The highest BCUT2D eigenvalue weighted by atomic mass is 32.1. The molecule has 1 N–H and O–H groups in total. The molecular weight excluding hydrogens is 430 g/mol. The van der Waals surface area contributed by atoms with Crippen molar-refractivity contribution < 1.29 is 0 Å². The number of aromatic amines is 1. The summed E-state index contributed by atoms with van der Waals surface area (Å²) in [6.45, 7) is 0. The van der Waals surface area contributed by atoms with Crippen molar-refractivity contribution >= 4 is 74.9 Å². The summed E-state index contributed by atoms with van der Waals surface area (Å²) < 4.78 is 2.68. The lowest BCUT2D eigenvalue weighted by molar-refractivity contribution is 1.55. The molecule has 0 bridgehead atoms. The van der Waals surface area contributed by atoms with Gasteiger partial charge in [-0.2, -0.15) is 0 Å². The Morgan fingerprint density at radius 2 is 1.09 bits per heavy atom. The number of hydrogen-bond donors (Lipinski definition) is 1. The molecule has 8 rings (SSSR count). The minimum absolute atomic E-state index is 1.21. The molecular formula is C32H19NS. The molecule has 0 spiro atoms. The fourth-order valence-corrected chi connectivity index (χ4v) is 6.79. The SMILES string of the molecule is c1ccc2c(c1)sc1ccc(-c3cccc4c3[nH]c3c5ccccc5c5ccccc5c43)cc12. The smallest absolute Gasteiger partial charge is 0.0551 e. The average molecular weight is 450 g/mol. The third kappa shape index (κ3) is 2.38. The van der Waals surface area contributed by atoms with Gasteiger partial charge < -0.3 is 4.98 Å². The van der Waals surface area contributed by atoms with E-state index in [1.54, 1.807) is 0 Å². The molecule has 8 aromatic rings. The molecule has 0 aliphatic heterocycles. The molecule has 158 valence electrons. The van der Waals surface area contributed by atoms with Crippen molar-refractivity contribution in [2.75, 3.05) is 0 Å². The molecule has 1 nitrogen and oxygen atoms in total. The van der Waals surface area contributed by atoms with Crippen molar-refractivity contribution in [3.8, 4) is 11.1 Å². The van der Waals surface area contributed by atoms with Crippen LogP contribution in [0.3, 0.4) is 0 Å². The van der Waals surface area contributed by atoms with Crippen LogP contribution in [0.4, 0.5) is 0 Å². The van der Waals surface area contributed by atoms with E-state index < -0.39 is 0 Å². The maximum absolute atomic E-state index is 3.86. The number of rotatable bonds is 1.